The highest BCUT2D eigenvalue weighted by Gasteiger charge is 2.24. The minimum atomic E-state index is -0.0130. The Bertz CT molecular complexity index is 592. The molecule has 0 radical (unpaired) electrons. The van der Waals surface area contributed by atoms with Crippen molar-refractivity contribution in [3.8, 4) is 10.8 Å². The molecule has 1 N–H and O–H groups in total. The number of imidazole rings is 1. The van der Waals surface area contributed by atoms with Crippen molar-refractivity contribution in [1.82, 2.24) is 24.2 Å². The lowest BCUT2D eigenvalue weighted by Crippen LogP contribution is -2.31. The molecule has 6 heteroatoms. The summed E-state index contributed by atoms with van der Waals surface area (Å²) < 4.78 is 6.73. The summed E-state index contributed by atoms with van der Waals surface area (Å²) in [5, 5.41) is 4.36. The summed E-state index contributed by atoms with van der Waals surface area (Å²) in [6.07, 6.45) is 1.95. The molecular weight excluding hydrogens is 258 g/mol. The summed E-state index contributed by atoms with van der Waals surface area (Å²) >= 11 is 1.44. The highest BCUT2D eigenvalue weighted by Crippen LogP contribution is 2.29. The van der Waals surface area contributed by atoms with Crippen LogP contribution in [0.25, 0.3) is 10.8 Å². The number of fused-ring (bicyclic) bond motifs is 1. The van der Waals surface area contributed by atoms with Crippen molar-refractivity contribution >= 4 is 11.5 Å². The monoisotopic (exact) mass is 277 g/mol. The van der Waals surface area contributed by atoms with Gasteiger partial charge in [0.05, 0.1) is 11.9 Å². The van der Waals surface area contributed by atoms with Gasteiger partial charge < -0.3 is 9.88 Å². The van der Waals surface area contributed by atoms with Crippen LogP contribution in [0.5, 0.6) is 0 Å². The fourth-order valence-corrected chi connectivity index (χ4v) is 3.12. The van der Waals surface area contributed by atoms with Gasteiger partial charge in [0.2, 0.25) is 0 Å². The van der Waals surface area contributed by atoms with Gasteiger partial charge in [-0.25, -0.2) is 9.97 Å². The molecule has 1 aliphatic heterocycles. The van der Waals surface area contributed by atoms with Crippen LogP contribution in [-0.4, -0.2) is 25.5 Å². The fraction of sp³-hybridized carbons (Fsp3) is 0.615. The third-order valence-corrected chi connectivity index (χ3v) is 4.12. The van der Waals surface area contributed by atoms with Gasteiger partial charge in [-0.3, -0.25) is 0 Å². The van der Waals surface area contributed by atoms with Crippen LogP contribution in [0.3, 0.4) is 0 Å². The average Bonchev–Trinajstić information content (AvgIpc) is 2.93. The van der Waals surface area contributed by atoms with E-state index in [1.54, 1.807) is 0 Å². The van der Waals surface area contributed by atoms with Crippen molar-refractivity contribution in [1.29, 1.82) is 0 Å². The molecule has 3 rings (SSSR count). The summed E-state index contributed by atoms with van der Waals surface area (Å²) in [6, 6.07) is 0.352. The molecular formula is C13H19N5S. The lowest BCUT2D eigenvalue weighted by atomic mass is 9.96. The zero-order valence-corrected chi connectivity index (χ0v) is 12.6. The summed E-state index contributed by atoms with van der Waals surface area (Å²) in [5.74, 6) is 1.85. The topological polar surface area (TPSA) is 55.6 Å². The summed E-state index contributed by atoms with van der Waals surface area (Å²) in [4.78, 5) is 9.21. The van der Waals surface area contributed by atoms with E-state index in [2.05, 4.69) is 51.9 Å². The highest BCUT2D eigenvalue weighted by atomic mass is 32.1. The number of hydrogen-bond donors (Lipinski definition) is 1. The second-order valence-electron chi connectivity index (χ2n) is 6.01. The first-order valence-corrected chi connectivity index (χ1v) is 7.37. The molecule has 0 saturated carbocycles. The van der Waals surface area contributed by atoms with Crippen LogP contribution in [0.2, 0.25) is 0 Å². The number of nitrogens with zero attached hydrogens (tertiary/aromatic N) is 4. The summed E-state index contributed by atoms with van der Waals surface area (Å²) in [6.45, 7) is 10.5. The van der Waals surface area contributed by atoms with Crippen LogP contribution >= 0.6 is 11.5 Å². The molecule has 0 amide bonds. The first-order valence-electron chi connectivity index (χ1n) is 6.60. The first-order chi connectivity index (χ1) is 8.97. The van der Waals surface area contributed by atoms with E-state index in [1.165, 1.54) is 17.2 Å². The Labute approximate surface area is 117 Å². The van der Waals surface area contributed by atoms with Gasteiger partial charge in [-0.1, -0.05) is 20.8 Å². The predicted octanol–water partition coefficient (Wildman–Crippen LogP) is 2.36. The van der Waals surface area contributed by atoms with E-state index < -0.39 is 0 Å². The Morgan fingerprint density at radius 1 is 1.42 bits per heavy atom. The summed E-state index contributed by atoms with van der Waals surface area (Å²) in [5.41, 5.74) is 1.22. The molecule has 0 fully saturated rings. The van der Waals surface area contributed by atoms with E-state index >= 15 is 0 Å². The predicted molar refractivity (Wildman–Crippen MR) is 76.2 cm³/mol. The molecule has 0 saturated heterocycles. The molecule has 0 aromatic carbocycles. The van der Waals surface area contributed by atoms with Gasteiger partial charge in [-0.2, -0.15) is 4.37 Å². The van der Waals surface area contributed by atoms with Gasteiger partial charge in [0.25, 0.3) is 0 Å². The maximum Gasteiger partial charge on any atom is 0.179 e. The van der Waals surface area contributed by atoms with Crippen LogP contribution < -0.4 is 5.32 Å². The number of nitrogens with one attached hydrogen (secondary N) is 1. The van der Waals surface area contributed by atoms with Gasteiger partial charge in [-0.15, -0.1) is 0 Å². The molecule has 2 aromatic heterocycles. The van der Waals surface area contributed by atoms with E-state index in [9.17, 15) is 0 Å². The lowest BCUT2D eigenvalue weighted by molar-refractivity contribution is 0.451. The molecule has 0 aliphatic carbocycles. The van der Waals surface area contributed by atoms with Crippen molar-refractivity contribution in [2.45, 2.75) is 45.7 Å². The second-order valence-corrected chi connectivity index (χ2v) is 6.76. The van der Waals surface area contributed by atoms with E-state index in [0.29, 0.717) is 6.04 Å². The van der Waals surface area contributed by atoms with Crippen LogP contribution in [0, 0.1) is 0 Å². The Hall–Kier alpha value is -1.27. The smallest absolute Gasteiger partial charge is 0.179 e. The molecule has 19 heavy (non-hydrogen) atoms. The molecule has 0 bridgehead atoms. The maximum absolute atomic E-state index is 4.66. The normalized spacial score (nSPS) is 19.5. The Balaban J connectivity index is 2.01. The minimum Gasteiger partial charge on any atom is -0.323 e. The van der Waals surface area contributed by atoms with Gasteiger partial charge >= 0.3 is 0 Å². The van der Waals surface area contributed by atoms with Gasteiger partial charge in [-0.05, 0) is 18.5 Å². The molecule has 1 atom stereocenters. The molecule has 1 unspecified atom stereocenters. The number of rotatable bonds is 1. The Morgan fingerprint density at radius 2 is 2.21 bits per heavy atom. The van der Waals surface area contributed by atoms with Gasteiger partial charge in [0.15, 0.2) is 10.8 Å². The molecule has 3 heterocycles. The quantitative estimate of drug-likeness (QED) is 0.869. The van der Waals surface area contributed by atoms with Gasteiger partial charge in [0.1, 0.15) is 5.82 Å². The van der Waals surface area contributed by atoms with Crippen LogP contribution in [-0.2, 0) is 12.0 Å². The molecule has 1 aliphatic rings. The average molecular weight is 277 g/mol. The van der Waals surface area contributed by atoms with E-state index in [1.807, 2.05) is 6.20 Å². The molecule has 102 valence electrons. The second kappa shape index (κ2) is 4.38. The fourth-order valence-electron chi connectivity index (χ4n) is 2.26. The van der Waals surface area contributed by atoms with Crippen LogP contribution in [0.15, 0.2) is 6.20 Å². The SMILES string of the molecule is CC1NCCn2c1cnc2-c1nc(C(C)(C)C)ns1. The van der Waals surface area contributed by atoms with Crippen molar-refractivity contribution in [3.05, 3.63) is 17.7 Å². The lowest BCUT2D eigenvalue weighted by Gasteiger charge is -2.23. The maximum atomic E-state index is 4.66. The van der Waals surface area contributed by atoms with Gasteiger partial charge in [0, 0.05) is 24.5 Å². The van der Waals surface area contributed by atoms with E-state index in [0.717, 1.165) is 29.7 Å². The van der Waals surface area contributed by atoms with E-state index in [4.69, 9.17) is 0 Å². The highest BCUT2D eigenvalue weighted by molar-refractivity contribution is 7.09. The standard InChI is InChI=1S/C13H19N5S/c1-8-9-7-15-10(18(9)6-5-14-8)11-16-12(17-19-11)13(2,3)4/h7-8,14H,5-6H2,1-4H3. The number of aromatic nitrogens is 4. The van der Waals surface area contributed by atoms with Crippen molar-refractivity contribution in [2.75, 3.05) is 6.54 Å². The third-order valence-electron chi connectivity index (χ3n) is 3.40. The van der Waals surface area contributed by atoms with Crippen molar-refractivity contribution in [2.24, 2.45) is 0 Å². The molecule has 0 spiro atoms. The zero-order valence-electron chi connectivity index (χ0n) is 11.8. The van der Waals surface area contributed by atoms with Crippen LogP contribution in [0.4, 0.5) is 0 Å². The zero-order chi connectivity index (χ0) is 13.6. The van der Waals surface area contributed by atoms with Crippen molar-refractivity contribution in [3.63, 3.8) is 0 Å². The molecule has 5 nitrogen and oxygen atoms in total. The first kappa shape index (κ1) is 12.7. The number of hydrogen-bond acceptors (Lipinski definition) is 5. The largest absolute Gasteiger partial charge is 0.323 e. The third kappa shape index (κ3) is 2.19. The van der Waals surface area contributed by atoms with Crippen molar-refractivity contribution < 1.29 is 0 Å². The molecule has 2 aromatic rings. The van der Waals surface area contributed by atoms with E-state index in [-0.39, 0.29) is 5.41 Å². The Morgan fingerprint density at radius 3 is 2.89 bits per heavy atom. The Kier molecular flexibility index (Phi) is 2.94. The van der Waals surface area contributed by atoms with Crippen LogP contribution in [0.1, 0.15) is 45.3 Å². The summed E-state index contributed by atoms with van der Waals surface area (Å²) in [7, 11) is 0. The minimum absolute atomic E-state index is 0.0130.